The van der Waals surface area contributed by atoms with Crippen LogP contribution in [0.1, 0.15) is 44.2 Å². The summed E-state index contributed by atoms with van der Waals surface area (Å²) in [6, 6.07) is 8.49. The van der Waals surface area contributed by atoms with Crippen molar-refractivity contribution < 1.29 is 0 Å². The quantitative estimate of drug-likeness (QED) is 0.828. The van der Waals surface area contributed by atoms with Crippen molar-refractivity contribution >= 4 is 17.3 Å². The first kappa shape index (κ1) is 15.3. The molecule has 0 saturated carbocycles. The molecule has 0 aliphatic carbocycles. The summed E-state index contributed by atoms with van der Waals surface area (Å²) < 4.78 is 0. The van der Waals surface area contributed by atoms with E-state index in [0.717, 1.165) is 35.7 Å². The Balaban J connectivity index is 2.32. The summed E-state index contributed by atoms with van der Waals surface area (Å²) >= 11 is 0. The van der Waals surface area contributed by atoms with Gasteiger partial charge in [0.05, 0.1) is 0 Å². The number of anilines is 3. The average molecular weight is 284 g/mol. The van der Waals surface area contributed by atoms with Crippen molar-refractivity contribution in [2.75, 3.05) is 17.7 Å². The minimum Gasteiger partial charge on any atom is -0.373 e. The first-order chi connectivity index (χ1) is 10.2. The van der Waals surface area contributed by atoms with Crippen LogP contribution in [0, 0.1) is 0 Å². The number of hydrogen-bond acceptors (Lipinski definition) is 4. The Morgan fingerprint density at radius 3 is 2.57 bits per heavy atom. The van der Waals surface area contributed by atoms with Gasteiger partial charge in [-0.3, -0.25) is 0 Å². The Bertz CT molecular complexity index is 593. The third kappa shape index (κ3) is 3.72. The van der Waals surface area contributed by atoms with E-state index < -0.39 is 0 Å². The molecule has 0 saturated heterocycles. The van der Waals surface area contributed by atoms with Crippen LogP contribution < -0.4 is 10.6 Å². The number of aromatic nitrogens is 2. The van der Waals surface area contributed by atoms with Gasteiger partial charge in [0.25, 0.3) is 0 Å². The van der Waals surface area contributed by atoms with E-state index in [1.165, 1.54) is 5.56 Å². The normalized spacial score (nSPS) is 10.7. The second kappa shape index (κ2) is 7.07. The zero-order valence-electron chi connectivity index (χ0n) is 13.3. The van der Waals surface area contributed by atoms with E-state index in [1.54, 1.807) is 6.33 Å². The lowest BCUT2D eigenvalue weighted by atomic mass is 10.0. The molecule has 0 bridgehead atoms. The van der Waals surface area contributed by atoms with Crippen molar-refractivity contribution in [2.45, 2.75) is 39.5 Å². The minimum atomic E-state index is 0.514. The first-order valence-electron chi connectivity index (χ1n) is 7.54. The molecule has 4 nitrogen and oxygen atoms in total. The molecule has 2 rings (SSSR count). The van der Waals surface area contributed by atoms with E-state index in [4.69, 9.17) is 0 Å². The number of hydrogen-bond donors (Lipinski definition) is 2. The van der Waals surface area contributed by atoms with Crippen LogP contribution in [0.15, 0.2) is 30.6 Å². The predicted molar refractivity (Wildman–Crippen MR) is 89.4 cm³/mol. The van der Waals surface area contributed by atoms with Crippen LogP contribution in [0.3, 0.4) is 0 Å². The maximum atomic E-state index is 4.41. The fraction of sp³-hybridized carbons (Fsp3) is 0.412. The van der Waals surface area contributed by atoms with Crippen LogP contribution in [0.2, 0.25) is 0 Å². The monoisotopic (exact) mass is 284 g/mol. The number of benzene rings is 1. The third-order valence-electron chi connectivity index (χ3n) is 3.50. The molecule has 0 spiro atoms. The zero-order chi connectivity index (χ0) is 15.2. The maximum absolute atomic E-state index is 4.41. The summed E-state index contributed by atoms with van der Waals surface area (Å²) in [4.78, 5) is 8.72. The maximum Gasteiger partial charge on any atom is 0.139 e. The molecule has 1 aromatic carbocycles. The van der Waals surface area contributed by atoms with Crippen LogP contribution in [-0.2, 0) is 6.42 Å². The van der Waals surface area contributed by atoms with Gasteiger partial charge in [0.2, 0.25) is 0 Å². The van der Waals surface area contributed by atoms with Gasteiger partial charge in [0.15, 0.2) is 0 Å². The van der Waals surface area contributed by atoms with Gasteiger partial charge < -0.3 is 10.6 Å². The standard InChI is InChI=1S/C17H24N4/c1-5-7-15-16(18-4)19-11-20-17(15)21-14-9-6-8-13(10-14)12(2)3/h6,8-12H,5,7H2,1-4H3,(H2,18,19,20,21). The summed E-state index contributed by atoms with van der Waals surface area (Å²) in [5, 5.41) is 6.58. The summed E-state index contributed by atoms with van der Waals surface area (Å²) in [5.74, 6) is 2.30. The molecular formula is C17H24N4. The van der Waals surface area contributed by atoms with Gasteiger partial charge in [-0.2, -0.15) is 0 Å². The molecule has 0 unspecified atom stereocenters. The molecule has 1 aromatic heterocycles. The van der Waals surface area contributed by atoms with Crippen molar-refractivity contribution in [1.82, 2.24) is 9.97 Å². The van der Waals surface area contributed by atoms with Gasteiger partial charge in [-0.25, -0.2) is 9.97 Å². The third-order valence-corrected chi connectivity index (χ3v) is 3.50. The van der Waals surface area contributed by atoms with E-state index in [1.807, 2.05) is 7.05 Å². The molecule has 2 N–H and O–H groups in total. The Morgan fingerprint density at radius 1 is 1.14 bits per heavy atom. The van der Waals surface area contributed by atoms with Crippen molar-refractivity contribution in [3.8, 4) is 0 Å². The van der Waals surface area contributed by atoms with Gasteiger partial charge in [-0.05, 0) is 30.0 Å². The Morgan fingerprint density at radius 2 is 1.90 bits per heavy atom. The molecule has 2 aromatic rings. The van der Waals surface area contributed by atoms with E-state index in [-0.39, 0.29) is 0 Å². The molecule has 0 radical (unpaired) electrons. The fourth-order valence-electron chi connectivity index (χ4n) is 2.33. The van der Waals surface area contributed by atoms with Gasteiger partial charge in [-0.1, -0.05) is 39.3 Å². The lowest BCUT2D eigenvalue weighted by molar-refractivity contribution is 0.867. The van der Waals surface area contributed by atoms with Crippen LogP contribution >= 0.6 is 0 Å². The molecule has 0 aliphatic heterocycles. The molecule has 21 heavy (non-hydrogen) atoms. The average Bonchev–Trinajstić information content (AvgIpc) is 2.49. The Hall–Kier alpha value is -2.10. The molecule has 0 atom stereocenters. The molecule has 4 heteroatoms. The van der Waals surface area contributed by atoms with Crippen molar-refractivity contribution in [1.29, 1.82) is 0 Å². The summed E-state index contributed by atoms with van der Waals surface area (Å²) in [7, 11) is 1.89. The molecule has 0 aliphatic rings. The van der Waals surface area contributed by atoms with Gasteiger partial charge >= 0.3 is 0 Å². The predicted octanol–water partition coefficient (Wildman–Crippen LogP) is 4.34. The number of nitrogens with zero attached hydrogens (tertiary/aromatic N) is 2. The van der Waals surface area contributed by atoms with E-state index in [2.05, 4.69) is 65.6 Å². The van der Waals surface area contributed by atoms with Gasteiger partial charge in [-0.15, -0.1) is 0 Å². The highest BCUT2D eigenvalue weighted by atomic mass is 15.1. The molecular weight excluding hydrogens is 260 g/mol. The van der Waals surface area contributed by atoms with Crippen molar-refractivity contribution in [2.24, 2.45) is 0 Å². The lowest BCUT2D eigenvalue weighted by Gasteiger charge is -2.14. The lowest BCUT2D eigenvalue weighted by Crippen LogP contribution is -2.05. The van der Waals surface area contributed by atoms with E-state index >= 15 is 0 Å². The number of rotatable bonds is 6. The molecule has 0 fully saturated rings. The Kier molecular flexibility index (Phi) is 5.14. The van der Waals surface area contributed by atoms with E-state index in [9.17, 15) is 0 Å². The first-order valence-corrected chi connectivity index (χ1v) is 7.54. The fourth-order valence-corrected chi connectivity index (χ4v) is 2.33. The summed E-state index contributed by atoms with van der Waals surface area (Å²) in [6.45, 7) is 6.56. The smallest absolute Gasteiger partial charge is 0.139 e. The van der Waals surface area contributed by atoms with Crippen molar-refractivity contribution in [3.63, 3.8) is 0 Å². The minimum absolute atomic E-state index is 0.514. The summed E-state index contributed by atoms with van der Waals surface area (Å²) in [6.07, 6.45) is 3.60. The van der Waals surface area contributed by atoms with Crippen LogP contribution in [-0.4, -0.2) is 17.0 Å². The SMILES string of the molecule is CCCc1c(NC)ncnc1Nc1cccc(C(C)C)c1. The van der Waals surface area contributed by atoms with Crippen molar-refractivity contribution in [3.05, 3.63) is 41.7 Å². The van der Waals surface area contributed by atoms with Gasteiger partial charge in [0.1, 0.15) is 18.0 Å². The zero-order valence-corrected chi connectivity index (χ0v) is 13.3. The topological polar surface area (TPSA) is 49.8 Å². The van der Waals surface area contributed by atoms with Crippen LogP contribution in [0.5, 0.6) is 0 Å². The highest BCUT2D eigenvalue weighted by molar-refractivity contribution is 5.65. The molecule has 112 valence electrons. The molecule has 0 amide bonds. The molecule has 1 heterocycles. The van der Waals surface area contributed by atoms with Gasteiger partial charge in [0, 0.05) is 18.3 Å². The largest absolute Gasteiger partial charge is 0.373 e. The van der Waals surface area contributed by atoms with Crippen LogP contribution in [0.4, 0.5) is 17.3 Å². The summed E-state index contributed by atoms with van der Waals surface area (Å²) in [5.41, 5.74) is 3.52. The van der Waals surface area contributed by atoms with Crippen LogP contribution in [0.25, 0.3) is 0 Å². The second-order valence-corrected chi connectivity index (χ2v) is 5.45. The highest BCUT2D eigenvalue weighted by Crippen LogP contribution is 2.26. The Labute approximate surface area is 127 Å². The second-order valence-electron chi connectivity index (χ2n) is 5.45. The highest BCUT2D eigenvalue weighted by Gasteiger charge is 2.10. The number of nitrogens with one attached hydrogen (secondary N) is 2. The van der Waals surface area contributed by atoms with E-state index in [0.29, 0.717) is 5.92 Å².